The van der Waals surface area contributed by atoms with Crippen LogP contribution in [0.3, 0.4) is 0 Å². The van der Waals surface area contributed by atoms with Crippen molar-refractivity contribution in [3.63, 3.8) is 0 Å². The van der Waals surface area contributed by atoms with Crippen molar-refractivity contribution in [2.24, 2.45) is 5.73 Å². The number of benzene rings is 1. The number of rotatable bonds is 5. The number of aryl methyl sites for hydroxylation is 1. The van der Waals surface area contributed by atoms with E-state index in [1.165, 1.54) is 4.88 Å². The van der Waals surface area contributed by atoms with Crippen LogP contribution in [0.2, 0.25) is 0 Å². The van der Waals surface area contributed by atoms with Crippen LogP contribution in [0.1, 0.15) is 22.0 Å². The van der Waals surface area contributed by atoms with Crippen LogP contribution in [0.4, 0.5) is 0 Å². The largest absolute Gasteiger partial charge is 0.354 e. The Morgan fingerprint density at radius 3 is 2.60 bits per heavy atom. The Morgan fingerprint density at radius 2 is 2.00 bits per heavy atom. The average Bonchev–Trinajstić information content (AvgIpc) is 2.84. The number of hydrogen-bond acceptors (Lipinski definition) is 3. The first-order valence-electron chi connectivity index (χ1n) is 6.40. The fourth-order valence-electron chi connectivity index (χ4n) is 1.83. The van der Waals surface area contributed by atoms with E-state index >= 15 is 0 Å². The second kappa shape index (κ2) is 7.02. The zero-order valence-corrected chi connectivity index (χ0v) is 13.6. The minimum absolute atomic E-state index is 0.135. The van der Waals surface area contributed by atoms with Crippen molar-refractivity contribution < 1.29 is 4.79 Å². The lowest BCUT2D eigenvalue weighted by Gasteiger charge is -2.12. The maximum atomic E-state index is 12.0. The van der Waals surface area contributed by atoms with E-state index in [1.807, 2.05) is 37.3 Å². The summed E-state index contributed by atoms with van der Waals surface area (Å²) in [5.41, 5.74) is 7.95. The maximum Gasteiger partial charge on any atom is 0.241 e. The molecule has 0 bridgehead atoms. The van der Waals surface area contributed by atoms with Crippen LogP contribution >= 0.6 is 27.3 Å². The van der Waals surface area contributed by atoms with Crippen molar-refractivity contribution in [3.05, 3.63) is 56.2 Å². The fraction of sp³-hybridized carbons (Fsp3) is 0.267. The van der Waals surface area contributed by atoms with Gasteiger partial charge < -0.3 is 11.1 Å². The van der Waals surface area contributed by atoms with E-state index in [4.69, 9.17) is 5.73 Å². The molecule has 2 rings (SSSR count). The minimum atomic E-state index is -0.606. The monoisotopic (exact) mass is 352 g/mol. The second-order valence-electron chi connectivity index (χ2n) is 4.64. The Labute approximate surface area is 131 Å². The molecule has 1 aromatic heterocycles. The lowest BCUT2D eigenvalue weighted by molar-refractivity contribution is -0.122. The third kappa shape index (κ3) is 4.16. The van der Waals surface area contributed by atoms with Crippen molar-refractivity contribution in [2.45, 2.75) is 19.4 Å². The topological polar surface area (TPSA) is 55.1 Å². The predicted octanol–water partition coefficient (Wildman–Crippen LogP) is 3.18. The molecule has 2 aromatic rings. The molecule has 20 heavy (non-hydrogen) atoms. The molecule has 1 unspecified atom stereocenters. The van der Waals surface area contributed by atoms with Gasteiger partial charge in [-0.1, -0.05) is 29.8 Å². The zero-order valence-electron chi connectivity index (χ0n) is 11.2. The van der Waals surface area contributed by atoms with Gasteiger partial charge >= 0.3 is 0 Å². The number of amides is 1. The van der Waals surface area contributed by atoms with E-state index in [1.54, 1.807) is 11.3 Å². The summed E-state index contributed by atoms with van der Waals surface area (Å²) in [5.74, 6) is -0.135. The van der Waals surface area contributed by atoms with Crippen LogP contribution in [-0.4, -0.2) is 12.5 Å². The predicted molar refractivity (Wildman–Crippen MR) is 86.8 cm³/mol. The van der Waals surface area contributed by atoms with Crippen LogP contribution in [0, 0.1) is 6.92 Å². The van der Waals surface area contributed by atoms with Gasteiger partial charge in [0.15, 0.2) is 0 Å². The number of carbonyl (C=O) groups excluding carboxylic acids is 1. The third-order valence-electron chi connectivity index (χ3n) is 3.02. The normalized spacial score (nSPS) is 12.2. The van der Waals surface area contributed by atoms with Gasteiger partial charge in [0.2, 0.25) is 5.91 Å². The molecule has 3 N–H and O–H groups in total. The highest BCUT2D eigenvalue weighted by atomic mass is 79.9. The molecule has 3 nitrogen and oxygen atoms in total. The first kappa shape index (κ1) is 15.2. The molecular formula is C15H17BrN2OS. The van der Waals surface area contributed by atoms with Gasteiger partial charge in [0.1, 0.15) is 6.04 Å². The van der Waals surface area contributed by atoms with Crippen molar-refractivity contribution >= 4 is 33.2 Å². The van der Waals surface area contributed by atoms with Gasteiger partial charge in [-0.3, -0.25) is 4.79 Å². The Bertz CT molecular complexity index is 580. The lowest BCUT2D eigenvalue weighted by Crippen LogP contribution is -2.35. The molecule has 0 aliphatic heterocycles. The molecule has 5 heteroatoms. The standard InChI is InChI=1S/C15H17BrN2OS/c1-10-2-4-11(5-3-10)14(17)15(19)18-9-8-12-6-7-13(16)20-12/h2-7,14H,8-9,17H2,1H3,(H,18,19). The molecule has 0 radical (unpaired) electrons. The average molecular weight is 353 g/mol. The number of hydrogen-bond donors (Lipinski definition) is 2. The summed E-state index contributed by atoms with van der Waals surface area (Å²) in [6.45, 7) is 2.61. The summed E-state index contributed by atoms with van der Waals surface area (Å²) >= 11 is 5.10. The molecule has 1 atom stereocenters. The van der Waals surface area contributed by atoms with E-state index in [0.717, 1.165) is 21.3 Å². The van der Waals surface area contributed by atoms with Gasteiger partial charge in [-0.2, -0.15) is 0 Å². The van der Waals surface area contributed by atoms with Crippen LogP contribution < -0.4 is 11.1 Å². The van der Waals surface area contributed by atoms with E-state index in [9.17, 15) is 4.79 Å². The third-order valence-corrected chi connectivity index (χ3v) is 4.70. The number of halogens is 1. The smallest absolute Gasteiger partial charge is 0.241 e. The van der Waals surface area contributed by atoms with Crippen LogP contribution in [0.5, 0.6) is 0 Å². The molecule has 0 saturated heterocycles. The molecular weight excluding hydrogens is 336 g/mol. The highest BCUT2D eigenvalue weighted by molar-refractivity contribution is 9.11. The molecule has 1 heterocycles. The van der Waals surface area contributed by atoms with Gasteiger partial charge in [-0.15, -0.1) is 11.3 Å². The van der Waals surface area contributed by atoms with E-state index in [0.29, 0.717) is 6.54 Å². The van der Waals surface area contributed by atoms with E-state index in [2.05, 4.69) is 27.3 Å². The molecule has 0 saturated carbocycles. The van der Waals surface area contributed by atoms with Gasteiger partial charge in [-0.25, -0.2) is 0 Å². The Balaban J connectivity index is 1.83. The summed E-state index contributed by atoms with van der Waals surface area (Å²) in [4.78, 5) is 13.2. The number of carbonyl (C=O) groups is 1. The van der Waals surface area contributed by atoms with Crippen LogP contribution in [0.25, 0.3) is 0 Å². The molecule has 106 valence electrons. The van der Waals surface area contributed by atoms with Crippen LogP contribution in [0.15, 0.2) is 40.2 Å². The second-order valence-corrected chi connectivity index (χ2v) is 7.18. The zero-order chi connectivity index (χ0) is 14.5. The fourth-order valence-corrected chi connectivity index (χ4v) is 3.31. The van der Waals surface area contributed by atoms with Crippen molar-refractivity contribution in [1.29, 1.82) is 0 Å². The molecule has 0 aliphatic rings. The van der Waals surface area contributed by atoms with E-state index in [-0.39, 0.29) is 5.91 Å². The highest BCUT2D eigenvalue weighted by Gasteiger charge is 2.14. The van der Waals surface area contributed by atoms with Gasteiger partial charge in [-0.05, 0) is 47.0 Å². The number of thiophene rings is 1. The van der Waals surface area contributed by atoms with E-state index < -0.39 is 6.04 Å². The number of nitrogens with one attached hydrogen (secondary N) is 1. The quantitative estimate of drug-likeness (QED) is 0.868. The Hall–Kier alpha value is -1.17. The first-order chi connectivity index (χ1) is 9.56. The molecule has 0 spiro atoms. The van der Waals surface area contributed by atoms with Gasteiger partial charge in [0.25, 0.3) is 0 Å². The lowest BCUT2D eigenvalue weighted by atomic mass is 10.1. The molecule has 0 aliphatic carbocycles. The summed E-state index contributed by atoms with van der Waals surface area (Å²) in [6.07, 6.45) is 0.822. The van der Waals surface area contributed by atoms with Crippen LogP contribution in [-0.2, 0) is 11.2 Å². The summed E-state index contributed by atoms with van der Waals surface area (Å²) in [6, 6.07) is 11.2. The van der Waals surface area contributed by atoms with Gasteiger partial charge in [0, 0.05) is 11.4 Å². The summed E-state index contributed by atoms with van der Waals surface area (Å²) in [7, 11) is 0. The summed E-state index contributed by atoms with van der Waals surface area (Å²) in [5, 5.41) is 2.88. The minimum Gasteiger partial charge on any atom is -0.354 e. The molecule has 0 fully saturated rings. The number of nitrogens with two attached hydrogens (primary N) is 1. The Kier molecular flexibility index (Phi) is 5.34. The maximum absolute atomic E-state index is 12.0. The SMILES string of the molecule is Cc1ccc(C(N)C(=O)NCCc2ccc(Br)s2)cc1. The van der Waals surface area contributed by atoms with Crippen molar-refractivity contribution in [3.8, 4) is 0 Å². The molecule has 1 aromatic carbocycles. The van der Waals surface area contributed by atoms with Gasteiger partial charge in [0.05, 0.1) is 3.79 Å². The first-order valence-corrected chi connectivity index (χ1v) is 8.01. The van der Waals surface area contributed by atoms with Crippen molar-refractivity contribution in [2.75, 3.05) is 6.54 Å². The highest BCUT2D eigenvalue weighted by Crippen LogP contribution is 2.22. The summed E-state index contributed by atoms with van der Waals surface area (Å²) < 4.78 is 1.11. The van der Waals surface area contributed by atoms with Crippen molar-refractivity contribution in [1.82, 2.24) is 5.32 Å². The Morgan fingerprint density at radius 1 is 1.30 bits per heavy atom. The molecule has 1 amide bonds.